The molecular formula is C22H16F5N7O2. The molecule has 1 saturated carbocycles. The summed E-state index contributed by atoms with van der Waals surface area (Å²) in [6.45, 7) is -1.54. The molecule has 1 fully saturated rings. The first-order valence-corrected chi connectivity index (χ1v) is 10.4. The van der Waals surface area contributed by atoms with Gasteiger partial charge >= 0.3 is 12.8 Å². The molecule has 14 heteroatoms. The smallest absolute Gasteiger partial charge is 0.432 e. The van der Waals surface area contributed by atoms with Gasteiger partial charge in [-0.3, -0.25) is 9.78 Å². The van der Waals surface area contributed by atoms with Gasteiger partial charge in [0.15, 0.2) is 11.6 Å². The highest BCUT2D eigenvalue weighted by atomic mass is 19.4. The van der Waals surface area contributed by atoms with Gasteiger partial charge in [0.1, 0.15) is 11.4 Å². The van der Waals surface area contributed by atoms with Crippen LogP contribution in [-0.2, 0) is 11.6 Å². The van der Waals surface area contributed by atoms with Crippen molar-refractivity contribution in [2.75, 3.05) is 0 Å². The molecule has 186 valence electrons. The number of alkyl halides is 5. The highest BCUT2D eigenvalue weighted by Crippen LogP contribution is 2.47. The number of halogens is 5. The molecule has 0 aromatic carbocycles. The summed E-state index contributed by atoms with van der Waals surface area (Å²) < 4.78 is 69.2. The Bertz CT molecular complexity index is 1320. The Morgan fingerprint density at radius 1 is 1.14 bits per heavy atom. The predicted molar refractivity (Wildman–Crippen MR) is 111 cm³/mol. The van der Waals surface area contributed by atoms with Gasteiger partial charge in [-0.1, -0.05) is 0 Å². The fourth-order valence-electron chi connectivity index (χ4n) is 3.39. The molecule has 36 heavy (non-hydrogen) atoms. The molecule has 1 aliphatic carbocycles. The molecule has 1 atom stereocenters. The number of amides is 1. The highest BCUT2D eigenvalue weighted by molar-refractivity contribution is 5.94. The van der Waals surface area contributed by atoms with Crippen molar-refractivity contribution in [1.29, 1.82) is 5.26 Å². The Morgan fingerprint density at radius 2 is 1.81 bits per heavy atom. The third-order valence-electron chi connectivity index (χ3n) is 5.38. The molecule has 3 aromatic heterocycles. The minimum Gasteiger partial charge on any atom is -0.432 e. The molecule has 1 aliphatic rings. The maximum Gasteiger partial charge on any atom is 0.433 e. The van der Waals surface area contributed by atoms with E-state index in [1.165, 1.54) is 25.4 Å². The van der Waals surface area contributed by atoms with E-state index in [4.69, 9.17) is 0 Å². The van der Waals surface area contributed by atoms with E-state index in [0.29, 0.717) is 18.9 Å². The standard InChI is InChI=1S/C22H16F5N7O2/c1-11(16-17(30-5-4-29-16)18-31-8-13(9-32-18)36-20(23)24)33-19(35)12-6-14(21(10-28)2-3-21)34-15(7-12)22(25,26)27/h4-9,11,20H,2-3H2,1H3,(H,33,35). The minimum absolute atomic E-state index is 0.00364. The van der Waals surface area contributed by atoms with Crippen LogP contribution in [0.5, 0.6) is 5.75 Å². The lowest BCUT2D eigenvalue weighted by atomic mass is 10.0. The SMILES string of the molecule is CC(NC(=O)c1cc(C(F)(F)F)nc(C2(C#N)CC2)c1)c1nccnc1-c1ncc(OC(F)F)cn1. The lowest BCUT2D eigenvalue weighted by Gasteiger charge is -2.17. The van der Waals surface area contributed by atoms with Gasteiger partial charge in [0, 0.05) is 18.0 Å². The van der Waals surface area contributed by atoms with Crippen molar-refractivity contribution in [1.82, 2.24) is 30.2 Å². The Morgan fingerprint density at radius 3 is 2.39 bits per heavy atom. The van der Waals surface area contributed by atoms with Crippen molar-refractivity contribution in [2.45, 2.75) is 44.0 Å². The third-order valence-corrected chi connectivity index (χ3v) is 5.38. The summed E-state index contributed by atoms with van der Waals surface area (Å²) in [4.78, 5) is 32.7. The lowest BCUT2D eigenvalue weighted by molar-refractivity contribution is -0.141. The van der Waals surface area contributed by atoms with Crippen LogP contribution in [0.1, 0.15) is 53.2 Å². The zero-order valence-electron chi connectivity index (χ0n) is 18.4. The molecule has 1 amide bonds. The molecule has 0 aliphatic heterocycles. The van der Waals surface area contributed by atoms with Crippen LogP contribution in [0.2, 0.25) is 0 Å². The Balaban J connectivity index is 1.61. The van der Waals surface area contributed by atoms with Gasteiger partial charge in [-0.05, 0) is 31.9 Å². The van der Waals surface area contributed by atoms with Crippen molar-refractivity contribution in [2.24, 2.45) is 0 Å². The molecule has 0 saturated heterocycles. The van der Waals surface area contributed by atoms with Crippen LogP contribution in [0, 0.1) is 11.3 Å². The van der Waals surface area contributed by atoms with Crippen molar-refractivity contribution in [3.8, 4) is 23.3 Å². The molecule has 0 spiro atoms. The quantitative estimate of drug-likeness (QED) is 0.478. The van der Waals surface area contributed by atoms with Gasteiger partial charge in [-0.2, -0.15) is 27.2 Å². The zero-order valence-corrected chi connectivity index (χ0v) is 18.4. The number of ether oxygens (including phenoxy) is 1. The van der Waals surface area contributed by atoms with Gasteiger partial charge in [-0.25, -0.2) is 19.9 Å². The van der Waals surface area contributed by atoms with E-state index < -0.39 is 35.8 Å². The van der Waals surface area contributed by atoms with E-state index in [-0.39, 0.29) is 34.2 Å². The van der Waals surface area contributed by atoms with Crippen molar-refractivity contribution >= 4 is 5.91 Å². The summed E-state index contributed by atoms with van der Waals surface area (Å²) in [5.41, 5.74) is -2.57. The number of pyridine rings is 1. The molecule has 0 bridgehead atoms. The fourth-order valence-corrected chi connectivity index (χ4v) is 3.39. The summed E-state index contributed by atoms with van der Waals surface area (Å²) in [5, 5.41) is 11.9. The van der Waals surface area contributed by atoms with Crippen molar-refractivity contribution in [3.05, 3.63) is 59.6 Å². The minimum atomic E-state index is -4.82. The largest absolute Gasteiger partial charge is 0.433 e. The summed E-state index contributed by atoms with van der Waals surface area (Å²) in [5.74, 6) is -1.14. The third kappa shape index (κ3) is 5.19. The van der Waals surface area contributed by atoms with Crippen LogP contribution < -0.4 is 10.1 Å². The van der Waals surface area contributed by atoms with E-state index in [1.807, 2.05) is 6.07 Å². The molecule has 3 heterocycles. The highest BCUT2D eigenvalue weighted by Gasteiger charge is 2.48. The molecule has 9 nitrogen and oxygen atoms in total. The summed E-state index contributed by atoms with van der Waals surface area (Å²) >= 11 is 0. The molecule has 1 unspecified atom stereocenters. The Hall–Kier alpha value is -4.28. The first-order valence-electron chi connectivity index (χ1n) is 10.4. The number of aromatic nitrogens is 5. The monoisotopic (exact) mass is 505 g/mol. The second-order valence-corrected chi connectivity index (χ2v) is 7.92. The average Bonchev–Trinajstić information content (AvgIpc) is 3.65. The number of hydrogen-bond acceptors (Lipinski definition) is 8. The van der Waals surface area contributed by atoms with Gasteiger partial charge in [-0.15, -0.1) is 0 Å². The van der Waals surface area contributed by atoms with Gasteiger partial charge in [0.2, 0.25) is 0 Å². The van der Waals surface area contributed by atoms with Crippen LogP contribution in [-0.4, -0.2) is 37.4 Å². The Labute approximate surface area is 200 Å². The summed E-state index contributed by atoms with van der Waals surface area (Å²) in [6.07, 6.45) is 0.539. The molecule has 0 radical (unpaired) electrons. The maximum atomic E-state index is 13.4. The van der Waals surface area contributed by atoms with Crippen LogP contribution in [0.3, 0.4) is 0 Å². The molecule has 1 N–H and O–H groups in total. The van der Waals surface area contributed by atoms with Crippen LogP contribution >= 0.6 is 0 Å². The van der Waals surface area contributed by atoms with Gasteiger partial charge in [0.05, 0.1) is 41.3 Å². The molecule has 3 aromatic rings. The van der Waals surface area contributed by atoms with Gasteiger partial charge < -0.3 is 10.1 Å². The number of rotatable bonds is 7. The van der Waals surface area contributed by atoms with E-state index >= 15 is 0 Å². The number of carbonyl (C=O) groups is 1. The molecular weight excluding hydrogens is 489 g/mol. The fraction of sp³-hybridized carbons (Fsp3) is 0.318. The number of nitrogens with one attached hydrogen (secondary N) is 1. The molecule has 4 rings (SSSR count). The van der Waals surface area contributed by atoms with Crippen LogP contribution in [0.4, 0.5) is 22.0 Å². The van der Waals surface area contributed by atoms with Crippen molar-refractivity contribution in [3.63, 3.8) is 0 Å². The number of hydrogen-bond donors (Lipinski definition) is 1. The Kier molecular flexibility index (Phi) is 6.49. The van der Waals surface area contributed by atoms with Crippen LogP contribution in [0.25, 0.3) is 11.5 Å². The first-order chi connectivity index (χ1) is 17.0. The summed E-state index contributed by atoms with van der Waals surface area (Å²) in [6, 6.07) is 2.89. The first kappa shape index (κ1) is 24.8. The van der Waals surface area contributed by atoms with E-state index in [2.05, 4.69) is 35.0 Å². The number of carbonyl (C=O) groups excluding carboxylic acids is 1. The number of nitrogens with zero attached hydrogens (tertiary/aromatic N) is 6. The second kappa shape index (κ2) is 9.40. The summed E-state index contributed by atoms with van der Waals surface area (Å²) in [7, 11) is 0. The normalized spacial score (nSPS) is 15.2. The van der Waals surface area contributed by atoms with Crippen molar-refractivity contribution < 1.29 is 31.5 Å². The second-order valence-electron chi connectivity index (χ2n) is 7.92. The lowest BCUT2D eigenvalue weighted by Crippen LogP contribution is -2.29. The van der Waals surface area contributed by atoms with Crippen LogP contribution in [0.15, 0.2) is 36.9 Å². The van der Waals surface area contributed by atoms with E-state index in [0.717, 1.165) is 12.4 Å². The average molecular weight is 505 g/mol. The van der Waals surface area contributed by atoms with E-state index in [1.54, 1.807) is 0 Å². The zero-order chi connectivity index (χ0) is 26.1. The van der Waals surface area contributed by atoms with Gasteiger partial charge in [0.25, 0.3) is 5.91 Å². The van der Waals surface area contributed by atoms with E-state index in [9.17, 15) is 32.0 Å². The number of nitriles is 1. The topological polar surface area (TPSA) is 127 Å². The predicted octanol–water partition coefficient (Wildman–Crippen LogP) is 3.99. The maximum absolute atomic E-state index is 13.4.